The van der Waals surface area contributed by atoms with E-state index in [-0.39, 0.29) is 24.5 Å². The zero-order valence-corrected chi connectivity index (χ0v) is 12.9. The van der Waals surface area contributed by atoms with Crippen molar-refractivity contribution in [2.24, 2.45) is 5.92 Å². The first-order valence-electron chi connectivity index (χ1n) is 7.35. The highest BCUT2D eigenvalue weighted by Gasteiger charge is 2.29. The predicted molar refractivity (Wildman–Crippen MR) is 82.6 cm³/mol. The van der Waals surface area contributed by atoms with Crippen LogP contribution >= 0.6 is 0 Å². The fourth-order valence-corrected chi connectivity index (χ4v) is 2.69. The van der Waals surface area contributed by atoms with E-state index in [0.717, 1.165) is 25.1 Å². The van der Waals surface area contributed by atoms with E-state index in [1.54, 1.807) is 7.11 Å². The number of aliphatic hydroxyl groups is 1. The Morgan fingerprint density at radius 2 is 2.33 bits per heavy atom. The number of anilines is 1. The summed E-state index contributed by atoms with van der Waals surface area (Å²) in [6, 6.07) is 5.49. The van der Waals surface area contributed by atoms with Gasteiger partial charge in [-0.2, -0.15) is 0 Å². The quantitative estimate of drug-likeness (QED) is 0.866. The predicted octanol–water partition coefficient (Wildman–Crippen LogP) is 1.64. The van der Waals surface area contributed by atoms with Crippen LogP contribution in [0.5, 0.6) is 5.75 Å². The first-order valence-corrected chi connectivity index (χ1v) is 7.35. The van der Waals surface area contributed by atoms with Crippen LogP contribution in [0.1, 0.15) is 18.9 Å². The molecule has 0 aromatic heterocycles. The number of benzene rings is 1. The van der Waals surface area contributed by atoms with E-state index in [1.807, 2.05) is 32.0 Å². The molecule has 1 saturated heterocycles. The van der Waals surface area contributed by atoms with Gasteiger partial charge < -0.3 is 15.2 Å². The number of rotatable bonds is 5. The van der Waals surface area contributed by atoms with Crippen LogP contribution in [0, 0.1) is 12.8 Å². The van der Waals surface area contributed by atoms with E-state index in [9.17, 15) is 9.90 Å². The summed E-state index contributed by atoms with van der Waals surface area (Å²) in [6.45, 7) is 5.69. The zero-order valence-electron chi connectivity index (χ0n) is 12.9. The van der Waals surface area contributed by atoms with E-state index in [2.05, 4.69) is 10.2 Å². The molecule has 2 rings (SSSR count). The fraction of sp³-hybridized carbons (Fsp3) is 0.562. The zero-order chi connectivity index (χ0) is 15.4. The van der Waals surface area contributed by atoms with Crippen LogP contribution in [-0.2, 0) is 4.79 Å². The van der Waals surface area contributed by atoms with Gasteiger partial charge in [-0.1, -0.05) is 6.07 Å². The van der Waals surface area contributed by atoms with Crippen LogP contribution in [-0.4, -0.2) is 48.8 Å². The van der Waals surface area contributed by atoms with Crippen LogP contribution in [0.4, 0.5) is 5.69 Å². The number of aryl methyl sites for hydroxylation is 1. The van der Waals surface area contributed by atoms with Gasteiger partial charge in [0.25, 0.3) is 0 Å². The van der Waals surface area contributed by atoms with Gasteiger partial charge in [-0.15, -0.1) is 0 Å². The number of amides is 1. The van der Waals surface area contributed by atoms with Gasteiger partial charge in [0.05, 0.1) is 18.8 Å². The molecule has 1 aromatic rings. The van der Waals surface area contributed by atoms with Crippen molar-refractivity contribution in [3.05, 3.63) is 23.8 Å². The number of carbonyl (C=O) groups is 1. The molecule has 21 heavy (non-hydrogen) atoms. The Kier molecular flexibility index (Phi) is 5.20. The molecule has 1 aliphatic rings. The Bertz CT molecular complexity index is 504. The number of hydrogen-bond donors (Lipinski definition) is 2. The van der Waals surface area contributed by atoms with E-state index >= 15 is 0 Å². The fourth-order valence-electron chi connectivity index (χ4n) is 2.69. The molecular formula is C16H24N2O3. The maximum Gasteiger partial charge on any atom is 0.241 e. The lowest BCUT2D eigenvalue weighted by Gasteiger charge is -2.23. The first kappa shape index (κ1) is 15.8. The van der Waals surface area contributed by atoms with Crippen molar-refractivity contribution in [2.75, 3.05) is 32.1 Å². The van der Waals surface area contributed by atoms with Gasteiger partial charge >= 0.3 is 0 Å². The average Bonchev–Trinajstić information content (AvgIpc) is 2.95. The second-order valence-electron chi connectivity index (χ2n) is 5.70. The summed E-state index contributed by atoms with van der Waals surface area (Å²) in [5.41, 5.74) is 1.77. The lowest BCUT2D eigenvalue weighted by atomic mass is 10.1. The molecule has 1 aromatic carbocycles. The van der Waals surface area contributed by atoms with E-state index in [4.69, 9.17) is 4.74 Å². The van der Waals surface area contributed by atoms with Crippen molar-refractivity contribution in [2.45, 2.75) is 26.3 Å². The van der Waals surface area contributed by atoms with Crippen LogP contribution in [0.3, 0.4) is 0 Å². The minimum atomic E-state index is -0.216. The molecule has 0 saturated carbocycles. The molecule has 1 aliphatic heterocycles. The Morgan fingerprint density at radius 1 is 1.57 bits per heavy atom. The SMILES string of the molecule is COc1ccc(C)cc1NC(=O)C(C)N1CCC(CO)C1. The van der Waals surface area contributed by atoms with Crippen LogP contribution in [0.2, 0.25) is 0 Å². The molecule has 2 N–H and O–H groups in total. The number of ether oxygens (including phenoxy) is 1. The van der Waals surface area contributed by atoms with Gasteiger partial charge in [-0.25, -0.2) is 0 Å². The third kappa shape index (κ3) is 3.74. The van der Waals surface area contributed by atoms with Crippen molar-refractivity contribution in [3.8, 4) is 5.75 Å². The van der Waals surface area contributed by atoms with Crippen molar-refractivity contribution >= 4 is 11.6 Å². The molecular weight excluding hydrogens is 268 g/mol. The average molecular weight is 292 g/mol. The molecule has 1 amide bonds. The number of methoxy groups -OCH3 is 1. The molecule has 2 unspecified atom stereocenters. The van der Waals surface area contributed by atoms with E-state index in [1.165, 1.54) is 0 Å². The number of carbonyl (C=O) groups excluding carboxylic acids is 1. The number of aliphatic hydroxyl groups excluding tert-OH is 1. The molecule has 2 atom stereocenters. The topological polar surface area (TPSA) is 61.8 Å². The van der Waals surface area contributed by atoms with Crippen molar-refractivity contribution in [1.29, 1.82) is 0 Å². The summed E-state index contributed by atoms with van der Waals surface area (Å²) in [4.78, 5) is 14.5. The minimum absolute atomic E-state index is 0.0440. The maximum atomic E-state index is 12.4. The monoisotopic (exact) mass is 292 g/mol. The van der Waals surface area contributed by atoms with Gasteiger partial charge in [0.15, 0.2) is 0 Å². The molecule has 5 heteroatoms. The van der Waals surface area contributed by atoms with Gasteiger partial charge in [-0.3, -0.25) is 9.69 Å². The third-order valence-electron chi connectivity index (χ3n) is 4.12. The van der Waals surface area contributed by atoms with Crippen LogP contribution in [0.25, 0.3) is 0 Å². The molecule has 0 aliphatic carbocycles. The lowest BCUT2D eigenvalue weighted by Crippen LogP contribution is -2.40. The van der Waals surface area contributed by atoms with Crippen molar-refractivity contribution in [1.82, 2.24) is 4.90 Å². The van der Waals surface area contributed by atoms with Gasteiger partial charge in [0.1, 0.15) is 5.75 Å². The molecule has 0 radical (unpaired) electrons. The van der Waals surface area contributed by atoms with E-state index < -0.39 is 0 Å². The Morgan fingerprint density at radius 3 is 2.95 bits per heavy atom. The number of nitrogens with one attached hydrogen (secondary N) is 1. The van der Waals surface area contributed by atoms with E-state index in [0.29, 0.717) is 11.4 Å². The summed E-state index contributed by atoms with van der Waals surface area (Å²) < 4.78 is 5.28. The molecule has 1 heterocycles. The second kappa shape index (κ2) is 6.91. The Balaban J connectivity index is 2.02. The molecule has 0 bridgehead atoms. The smallest absolute Gasteiger partial charge is 0.241 e. The summed E-state index contributed by atoms with van der Waals surface area (Å²) in [5, 5.41) is 12.1. The highest BCUT2D eigenvalue weighted by Crippen LogP contribution is 2.26. The van der Waals surface area contributed by atoms with Gasteiger partial charge in [-0.05, 0) is 50.4 Å². The number of hydrogen-bond acceptors (Lipinski definition) is 4. The summed E-state index contributed by atoms with van der Waals surface area (Å²) in [5.74, 6) is 0.905. The molecule has 1 fully saturated rings. The van der Waals surface area contributed by atoms with Gasteiger partial charge in [0.2, 0.25) is 5.91 Å². The highest BCUT2D eigenvalue weighted by molar-refractivity contribution is 5.96. The normalized spacial score (nSPS) is 20.3. The number of nitrogens with zero attached hydrogens (tertiary/aromatic N) is 1. The van der Waals surface area contributed by atoms with Crippen molar-refractivity contribution in [3.63, 3.8) is 0 Å². The molecule has 0 spiro atoms. The Labute approximate surface area is 125 Å². The molecule has 5 nitrogen and oxygen atoms in total. The number of likely N-dealkylation sites (tertiary alicyclic amines) is 1. The minimum Gasteiger partial charge on any atom is -0.495 e. The highest BCUT2D eigenvalue weighted by atomic mass is 16.5. The summed E-state index contributed by atoms with van der Waals surface area (Å²) in [7, 11) is 1.59. The summed E-state index contributed by atoms with van der Waals surface area (Å²) >= 11 is 0. The molecule has 116 valence electrons. The Hall–Kier alpha value is -1.59. The standard InChI is InChI=1S/C16H24N2O3/c1-11-4-5-15(21-3)14(8-11)17-16(20)12(2)18-7-6-13(9-18)10-19/h4-5,8,12-13,19H,6-7,9-10H2,1-3H3,(H,17,20). The lowest BCUT2D eigenvalue weighted by molar-refractivity contribution is -0.120. The summed E-state index contributed by atoms with van der Waals surface area (Å²) in [6.07, 6.45) is 0.946. The maximum absolute atomic E-state index is 12.4. The van der Waals surface area contributed by atoms with Gasteiger partial charge in [0, 0.05) is 13.2 Å². The largest absolute Gasteiger partial charge is 0.495 e. The third-order valence-corrected chi connectivity index (χ3v) is 4.12. The second-order valence-corrected chi connectivity index (χ2v) is 5.70. The first-order chi connectivity index (χ1) is 10.0. The van der Waals surface area contributed by atoms with Crippen LogP contribution < -0.4 is 10.1 Å². The van der Waals surface area contributed by atoms with Crippen molar-refractivity contribution < 1.29 is 14.6 Å². The van der Waals surface area contributed by atoms with Crippen LogP contribution in [0.15, 0.2) is 18.2 Å².